The van der Waals surface area contributed by atoms with E-state index in [9.17, 15) is 8.78 Å². The van der Waals surface area contributed by atoms with Gasteiger partial charge in [0.05, 0.1) is 5.56 Å². The molecule has 0 aliphatic rings. The molecule has 0 N–H and O–H groups in total. The molecule has 0 spiro atoms. The highest BCUT2D eigenvalue weighted by Gasteiger charge is 2.08. The Kier molecular flexibility index (Phi) is 8.65. The SMILES string of the molecule is CCCCc1ccc(C#Cc2cc(F)c(C#Cc3ccc(CCCC)cc3)c(F)c2)cc1. The lowest BCUT2D eigenvalue weighted by Gasteiger charge is -2.01. The molecule has 0 bridgehead atoms. The smallest absolute Gasteiger partial charge is 0.143 e. The predicted octanol–water partition coefficient (Wildman–Crippen LogP) is 7.45. The third-order valence-corrected chi connectivity index (χ3v) is 5.27. The molecule has 0 saturated carbocycles. The number of hydrogen-bond acceptors (Lipinski definition) is 0. The third kappa shape index (κ3) is 6.83. The summed E-state index contributed by atoms with van der Waals surface area (Å²) in [7, 11) is 0. The number of benzene rings is 3. The van der Waals surface area contributed by atoms with Gasteiger partial charge in [0.25, 0.3) is 0 Å². The van der Waals surface area contributed by atoms with Crippen LogP contribution in [0.15, 0.2) is 60.7 Å². The van der Waals surface area contributed by atoms with E-state index in [0.29, 0.717) is 5.56 Å². The van der Waals surface area contributed by atoms with Gasteiger partial charge in [-0.25, -0.2) is 8.78 Å². The molecule has 0 atom stereocenters. The first-order valence-corrected chi connectivity index (χ1v) is 11.3. The fourth-order valence-corrected chi connectivity index (χ4v) is 3.32. The predicted molar refractivity (Wildman–Crippen MR) is 128 cm³/mol. The summed E-state index contributed by atoms with van der Waals surface area (Å²) in [6.45, 7) is 4.33. The molecule has 0 heterocycles. The van der Waals surface area contributed by atoms with Gasteiger partial charge in [-0.1, -0.05) is 74.6 Å². The van der Waals surface area contributed by atoms with E-state index in [1.54, 1.807) is 0 Å². The number of unbranched alkanes of at least 4 members (excludes halogenated alkanes) is 2. The van der Waals surface area contributed by atoms with E-state index in [0.717, 1.165) is 49.7 Å². The lowest BCUT2D eigenvalue weighted by atomic mass is 10.1. The Bertz CT molecular complexity index is 1120. The lowest BCUT2D eigenvalue weighted by molar-refractivity contribution is 0.577. The lowest BCUT2D eigenvalue weighted by Crippen LogP contribution is -1.93. The van der Waals surface area contributed by atoms with E-state index < -0.39 is 11.6 Å². The van der Waals surface area contributed by atoms with Crippen LogP contribution in [-0.2, 0) is 12.8 Å². The van der Waals surface area contributed by atoms with E-state index in [1.165, 1.54) is 23.3 Å². The first-order valence-electron chi connectivity index (χ1n) is 11.3. The zero-order valence-corrected chi connectivity index (χ0v) is 18.8. The summed E-state index contributed by atoms with van der Waals surface area (Å²) in [5.41, 5.74) is 4.13. The van der Waals surface area contributed by atoms with Crippen LogP contribution in [0, 0.1) is 35.3 Å². The minimum atomic E-state index is -0.698. The fourth-order valence-electron chi connectivity index (χ4n) is 3.32. The molecule has 3 aromatic rings. The first kappa shape index (κ1) is 23.3. The minimum Gasteiger partial charge on any atom is -0.205 e. The summed E-state index contributed by atoms with van der Waals surface area (Å²) in [5, 5.41) is 0. The first-order chi connectivity index (χ1) is 15.6. The Morgan fingerprint density at radius 1 is 0.562 bits per heavy atom. The molecule has 0 amide bonds. The van der Waals surface area contributed by atoms with E-state index in [4.69, 9.17) is 0 Å². The van der Waals surface area contributed by atoms with Crippen molar-refractivity contribution in [2.75, 3.05) is 0 Å². The van der Waals surface area contributed by atoms with E-state index in [2.05, 4.69) is 49.7 Å². The zero-order valence-electron chi connectivity index (χ0n) is 18.8. The van der Waals surface area contributed by atoms with Gasteiger partial charge in [-0.3, -0.25) is 0 Å². The van der Waals surface area contributed by atoms with E-state index in [-0.39, 0.29) is 5.56 Å². The molecule has 0 fully saturated rings. The van der Waals surface area contributed by atoms with Gasteiger partial charge in [0, 0.05) is 16.7 Å². The highest BCUT2D eigenvalue weighted by Crippen LogP contribution is 2.15. The topological polar surface area (TPSA) is 0 Å². The maximum absolute atomic E-state index is 14.5. The molecule has 0 nitrogen and oxygen atoms in total. The van der Waals surface area contributed by atoms with Crippen LogP contribution in [-0.4, -0.2) is 0 Å². The second kappa shape index (κ2) is 11.9. The molecule has 32 heavy (non-hydrogen) atoms. The second-order valence-corrected chi connectivity index (χ2v) is 7.92. The van der Waals surface area contributed by atoms with Crippen molar-refractivity contribution in [1.29, 1.82) is 0 Å². The van der Waals surface area contributed by atoms with Gasteiger partial charge in [0.1, 0.15) is 11.6 Å². The standard InChI is InChI=1S/C30H28F2/c1-3-5-7-23-9-13-25(14-10-23)17-18-27-21-29(31)28(30(32)22-27)20-19-26-15-11-24(12-16-26)8-6-4-2/h9-16,21-22H,3-8H2,1-2H3. The van der Waals surface area contributed by atoms with Gasteiger partial charge in [0.15, 0.2) is 0 Å². The zero-order chi connectivity index (χ0) is 22.8. The van der Waals surface area contributed by atoms with E-state index in [1.807, 2.05) is 36.4 Å². The van der Waals surface area contributed by atoms with Crippen LogP contribution in [0.4, 0.5) is 8.78 Å². The molecule has 0 unspecified atom stereocenters. The highest BCUT2D eigenvalue weighted by atomic mass is 19.1. The van der Waals surface area contributed by atoms with Crippen LogP contribution in [0.3, 0.4) is 0 Å². The average Bonchev–Trinajstić information content (AvgIpc) is 2.81. The maximum Gasteiger partial charge on any atom is 0.143 e. The molecule has 3 rings (SSSR count). The van der Waals surface area contributed by atoms with Crippen molar-refractivity contribution < 1.29 is 8.78 Å². The van der Waals surface area contributed by atoms with Crippen LogP contribution >= 0.6 is 0 Å². The van der Waals surface area contributed by atoms with Crippen molar-refractivity contribution >= 4 is 0 Å². The summed E-state index contributed by atoms with van der Waals surface area (Å²) in [6, 6.07) is 18.3. The minimum absolute atomic E-state index is 0.231. The Balaban J connectivity index is 1.72. The highest BCUT2D eigenvalue weighted by molar-refractivity contribution is 5.49. The van der Waals surface area contributed by atoms with Crippen molar-refractivity contribution in [3.63, 3.8) is 0 Å². The van der Waals surface area contributed by atoms with Gasteiger partial charge in [-0.05, 0) is 73.2 Å². The van der Waals surface area contributed by atoms with Crippen LogP contribution in [0.1, 0.15) is 72.9 Å². The number of rotatable bonds is 6. The average molecular weight is 427 g/mol. The van der Waals surface area contributed by atoms with Gasteiger partial charge in [0.2, 0.25) is 0 Å². The van der Waals surface area contributed by atoms with Crippen molar-refractivity contribution in [1.82, 2.24) is 0 Å². The molecule has 0 aliphatic heterocycles. The number of aryl methyl sites for hydroxylation is 2. The third-order valence-electron chi connectivity index (χ3n) is 5.27. The Morgan fingerprint density at radius 2 is 0.969 bits per heavy atom. The van der Waals surface area contributed by atoms with Gasteiger partial charge >= 0.3 is 0 Å². The van der Waals surface area contributed by atoms with Gasteiger partial charge in [-0.15, -0.1) is 0 Å². The number of halogens is 2. The Hall–Kier alpha value is -3.36. The second-order valence-electron chi connectivity index (χ2n) is 7.92. The molecular formula is C30H28F2. The largest absolute Gasteiger partial charge is 0.205 e. The van der Waals surface area contributed by atoms with Crippen molar-refractivity contribution in [3.05, 3.63) is 106 Å². The maximum atomic E-state index is 14.5. The van der Waals surface area contributed by atoms with Crippen LogP contribution in [0.5, 0.6) is 0 Å². The fraction of sp³-hybridized carbons (Fsp3) is 0.267. The van der Waals surface area contributed by atoms with Crippen molar-refractivity contribution in [3.8, 4) is 23.7 Å². The summed E-state index contributed by atoms with van der Waals surface area (Å²) < 4.78 is 29.0. The molecule has 2 heteroatoms. The summed E-state index contributed by atoms with van der Waals surface area (Å²) in [6.07, 6.45) is 6.67. The molecule has 0 aliphatic carbocycles. The van der Waals surface area contributed by atoms with Gasteiger partial charge < -0.3 is 0 Å². The van der Waals surface area contributed by atoms with Gasteiger partial charge in [-0.2, -0.15) is 0 Å². The van der Waals surface area contributed by atoms with Crippen LogP contribution < -0.4 is 0 Å². The number of hydrogen-bond donors (Lipinski definition) is 0. The summed E-state index contributed by atoms with van der Waals surface area (Å²) in [5.74, 6) is 9.92. The Labute approximate surface area is 190 Å². The monoisotopic (exact) mass is 426 g/mol. The van der Waals surface area contributed by atoms with Crippen LogP contribution in [0.25, 0.3) is 0 Å². The van der Waals surface area contributed by atoms with Crippen molar-refractivity contribution in [2.24, 2.45) is 0 Å². The van der Waals surface area contributed by atoms with Crippen LogP contribution in [0.2, 0.25) is 0 Å². The Morgan fingerprint density at radius 3 is 1.41 bits per heavy atom. The molecule has 0 radical (unpaired) electrons. The quantitative estimate of drug-likeness (QED) is 0.359. The summed E-state index contributed by atoms with van der Waals surface area (Å²) in [4.78, 5) is 0. The summed E-state index contributed by atoms with van der Waals surface area (Å²) >= 11 is 0. The molecule has 3 aromatic carbocycles. The molecule has 162 valence electrons. The van der Waals surface area contributed by atoms with E-state index >= 15 is 0 Å². The molecule has 0 aromatic heterocycles. The molecule has 0 saturated heterocycles. The molecular weight excluding hydrogens is 398 g/mol. The normalized spacial score (nSPS) is 10.1. The van der Waals surface area contributed by atoms with Crippen molar-refractivity contribution in [2.45, 2.75) is 52.4 Å².